The Morgan fingerprint density at radius 2 is 1.76 bits per heavy atom. The van der Waals surface area contributed by atoms with Gasteiger partial charge in [-0.05, 0) is 55.0 Å². The first kappa shape index (κ1) is 21.4. The van der Waals surface area contributed by atoms with Crippen LogP contribution in [0.15, 0.2) is 81.2 Å². The van der Waals surface area contributed by atoms with Crippen molar-refractivity contribution in [2.75, 3.05) is 0 Å². The Labute approximate surface area is 183 Å². The molecule has 0 heterocycles. The van der Waals surface area contributed by atoms with Gasteiger partial charge >= 0.3 is 0 Å². The molecule has 0 aliphatic carbocycles. The average Bonchev–Trinajstić information content (AvgIpc) is 2.69. The number of nitrogens with one attached hydrogen (secondary N) is 1. The maximum Gasteiger partial charge on any atom is 0.276 e. The van der Waals surface area contributed by atoms with Crippen molar-refractivity contribution in [1.82, 2.24) is 4.83 Å². The van der Waals surface area contributed by atoms with Gasteiger partial charge in [-0.3, -0.25) is 0 Å². The van der Waals surface area contributed by atoms with E-state index in [0.29, 0.717) is 22.9 Å². The van der Waals surface area contributed by atoms with Gasteiger partial charge in [0.15, 0.2) is 0 Å². The minimum atomic E-state index is -3.74. The van der Waals surface area contributed by atoms with Crippen molar-refractivity contribution in [3.05, 3.63) is 92.9 Å². The van der Waals surface area contributed by atoms with Crippen molar-refractivity contribution in [2.24, 2.45) is 5.10 Å². The fourth-order valence-electron chi connectivity index (χ4n) is 2.43. The summed E-state index contributed by atoms with van der Waals surface area (Å²) in [6.07, 6.45) is 1.41. The van der Waals surface area contributed by atoms with Gasteiger partial charge in [0.2, 0.25) is 0 Å². The highest BCUT2D eigenvalue weighted by Crippen LogP contribution is 2.23. The Morgan fingerprint density at radius 3 is 2.45 bits per heavy atom. The number of halogens is 2. The van der Waals surface area contributed by atoms with Crippen LogP contribution in [-0.2, 0) is 16.6 Å². The van der Waals surface area contributed by atoms with Crippen LogP contribution in [-0.4, -0.2) is 14.6 Å². The van der Waals surface area contributed by atoms with Crippen molar-refractivity contribution < 1.29 is 13.2 Å². The number of hydrogen-bond acceptors (Lipinski definition) is 4. The Balaban J connectivity index is 1.73. The smallest absolute Gasteiger partial charge is 0.276 e. The third-order valence-electron chi connectivity index (χ3n) is 3.99. The van der Waals surface area contributed by atoms with Crippen molar-refractivity contribution in [3.8, 4) is 5.75 Å². The predicted molar refractivity (Wildman–Crippen MR) is 119 cm³/mol. The van der Waals surface area contributed by atoms with Crippen LogP contribution < -0.4 is 9.57 Å². The van der Waals surface area contributed by atoms with Crippen molar-refractivity contribution >= 4 is 43.8 Å². The third kappa shape index (κ3) is 6.06. The van der Waals surface area contributed by atoms with Crippen LogP contribution in [0.4, 0.5) is 0 Å². The molecule has 1 N–H and O–H groups in total. The SMILES string of the molecule is Cc1ccc(S(=O)(=O)N/N=C\c2cc(Br)ccc2OCc2ccc(Cl)cc2)cc1. The molecule has 8 heteroatoms. The number of sulfonamides is 1. The number of rotatable bonds is 7. The lowest BCUT2D eigenvalue weighted by atomic mass is 10.2. The van der Waals surface area contributed by atoms with Crippen molar-refractivity contribution in [3.63, 3.8) is 0 Å². The van der Waals surface area contributed by atoms with E-state index in [1.165, 1.54) is 18.3 Å². The van der Waals surface area contributed by atoms with E-state index in [-0.39, 0.29) is 4.90 Å². The minimum absolute atomic E-state index is 0.147. The normalized spacial score (nSPS) is 11.6. The maximum atomic E-state index is 12.3. The lowest BCUT2D eigenvalue weighted by molar-refractivity contribution is 0.306. The number of aryl methyl sites for hydroxylation is 1. The molecule has 0 saturated heterocycles. The second-order valence-electron chi connectivity index (χ2n) is 6.26. The Kier molecular flexibility index (Phi) is 6.95. The molecular weight excluding hydrogens is 476 g/mol. The lowest BCUT2D eigenvalue weighted by Crippen LogP contribution is -2.18. The first-order valence-electron chi connectivity index (χ1n) is 8.62. The molecular formula is C21H18BrClN2O3S. The molecule has 3 rings (SSSR count). The van der Waals surface area contributed by atoms with E-state index >= 15 is 0 Å². The van der Waals surface area contributed by atoms with Gasteiger partial charge in [0.1, 0.15) is 12.4 Å². The van der Waals surface area contributed by atoms with Crippen LogP contribution >= 0.6 is 27.5 Å². The van der Waals surface area contributed by atoms with Gasteiger partial charge in [-0.2, -0.15) is 13.5 Å². The Bertz CT molecular complexity index is 1120. The number of ether oxygens (including phenoxy) is 1. The summed E-state index contributed by atoms with van der Waals surface area (Å²) in [7, 11) is -3.74. The largest absolute Gasteiger partial charge is 0.488 e. The highest BCUT2D eigenvalue weighted by molar-refractivity contribution is 9.10. The van der Waals surface area contributed by atoms with Crippen LogP contribution in [0.3, 0.4) is 0 Å². The summed E-state index contributed by atoms with van der Waals surface area (Å²) in [4.78, 5) is 2.37. The Hall–Kier alpha value is -2.35. The zero-order chi connectivity index (χ0) is 20.9. The molecule has 150 valence electrons. The molecule has 0 aliphatic heterocycles. The number of nitrogens with zero attached hydrogens (tertiary/aromatic N) is 1. The molecule has 0 fully saturated rings. The summed E-state index contributed by atoms with van der Waals surface area (Å²) in [6, 6.07) is 19.3. The summed E-state index contributed by atoms with van der Waals surface area (Å²) in [5, 5.41) is 4.56. The van der Waals surface area contributed by atoms with E-state index < -0.39 is 10.0 Å². The highest BCUT2D eigenvalue weighted by atomic mass is 79.9. The molecule has 0 saturated carbocycles. The van der Waals surface area contributed by atoms with E-state index in [9.17, 15) is 8.42 Å². The summed E-state index contributed by atoms with van der Waals surface area (Å²) < 4.78 is 31.4. The standard InChI is InChI=1S/C21H18BrClN2O3S/c1-15-2-9-20(10-3-15)29(26,27)25-24-13-17-12-18(22)6-11-21(17)28-14-16-4-7-19(23)8-5-16/h2-13,25H,14H2,1H3/b24-13-. The summed E-state index contributed by atoms with van der Waals surface area (Å²) in [5.41, 5.74) is 2.56. The van der Waals surface area contributed by atoms with Crippen LogP contribution in [0.5, 0.6) is 5.75 Å². The van der Waals surface area contributed by atoms with Gasteiger partial charge in [-0.15, -0.1) is 0 Å². The quantitative estimate of drug-likeness (QED) is 0.359. The number of hydrogen-bond donors (Lipinski definition) is 1. The molecule has 3 aromatic rings. The van der Waals surface area contributed by atoms with E-state index in [0.717, 1.165) is 15.6 Å². The van der Waals surface area contributed by atoms with E-state index in [4.69, 9.17) is 16.3 Å². The van der Waals surface area contributed by atoms with Gasteiger partial charge in [0, 0.05) is 15.1 Å². The van der Waals surface area contributed by atoms with E-state index in [1.807, 2.05) is 25.1 Å². The van der Waals surface area contributed by atoms with Gasteiger partial charge in [-0.25, -0.2) is 4.83 Å². The molecule has 0 radical (unpaired) electrons. The first-order chi connectivity index (χ1) is 13.8. The molecule has 0 aromatic heterocycles. The van der Waals surface area contributed by atoms with Gasteiger partial charge < -0.3 is 4.74 Å². The number of benzene rings is 3. The molecule has 0 aliphatic rings. The van der Waals surface area contributed by atoms with Crippen LogP contribution in [0.2, 0.25) is 5.02 Å². The van der Waals surface area contributed by atoms with E-state index in [2.05, 4.69) is 25.9 Å². The highest BCUT2D eigenvalue weighted by Gasteiger charge is 2.12. The monoisotopic (exact) mass is 492 g/mol. The molecule has 0 amide bonds. The zero-order valence-corrected chi connectivity index (χ0v) is 18.6. The van der Waals surface area contributed by atoms with Gasteiger partial charge in [0.25, 0.3) is 10.0 Å². The third-order valence-corrected chi connectivity index (χ3v) is 5.97. The molecule has 5 nitrogen and oxygen atoms in total. The molecule has 3 aromatic carbocycles. The van der Waals surface area contributed by atoms with Gasteiger partial charge in [-0.1, -0.05) is 57.4 Å². The fourth-order valence-corrected chi connectivity index (χ4v) is 3.72. The van der Waals surface area contributed by atoms with Crippen molar-refractivity contribution in [1.29, 1.82) is 0 Å². The van der Waals surface area contributed by atoms with Crippen LogP contribution in [0.25, 0.3) is 0 Å². The van der Waals surface area contributed by atoms with Crippen LogP contribution in [0, 0.1) is 6.92 Å². The second kappa shape index (κ2) is 9.43. The molecule has 29 heavy (non-hydrogen) atoms. The topological polar surface area (TPSA) is 67.8 Å². The molecule has 0 spiro atoms. The maximum absolute atomic E-state index is 12.3. The second-order valence-corrected chi connectivity index (χ2v) is 9.28. The molecule has 0 unspecified atom stereocenters. The summed E-state index contributed by atoms with van der Waals surface area (Å²) in [6.45, 7) is 2.23. The zero-order valence-electron chi connectivity index (χ0n) is 15.5. The Morgan fingerprint density at radius 1 is 1.07 bits per heavy atom. The molecule has 0 atom stereocenters. The molecule has 0 bridgehead atoms. The van der Waals surface area contributed by atoms with Gasteiger partial charge in [0.05, 0.1) is 11.1 Å². The average molecular weight is 494 g/mol. The van der Waals surface area contributed by atoms with E-state index in [1.54, 1.807) is 36.4 Å². The fraction of sp³-hybridized carbons (Fsp3) is 0.0952. The first-order valence-corrected chi connectivity index (χ1v) is 11.3. The number of hydrazone groups is 1. The summed E-state index contributed by atoms with van der Waals surface area (Å²) in [5.74, 6) is 0.571. The predicted octanol–water partition coefficient (Wildman–Crippen LogP) is 5.30. The lowest BCUT2D eigenvalue weighted by Gasteiger charge is -2.10. The summed E-state index contributed by atoms with van der Waals surface area (Å²) >= 11 is 9.30. The minimum Gasteiger partial charge on any atom is -0.488 e. The van der Waals surface area contributed by atoms with Crippen LogP contribution in [0.1, 0.15) is 16.7 Å². The van der Waals surface area contributed by atoms with Crippen molar-refractivity contribution in [2.45, 2.75) is 18.4 Å².